The van der Waals surface area contributed by atoms with E-state index in [1.54, 1.807) is 9.36 Å². The van der Waals surface area contributed by atoms with Crippen LogP contribution in [0.3, 0.4) is 0 Å². The summed E-state index contributed by atoms with van der Waals surface area (Å²) in [6, 6.07) is 17.6. The highest BCUT2D eigenvalue weighted by atomic mass is 32.1. The molecule has 0 aliphatic rings. The molecule has 156 valence electrons. The number of hydrogen-bond donors (Lipinski definition) is 2. The number of rotatable bonds is 5. The summed E-state index contributed by atoms with van der Waals surface area (Å²) in [5, 5.41) is 7.59. The second-order valence-electron chi connectivity index (χ2n) is 7.14. The van der Waals surface area contributed by atoms with Crippen molar-refractivity contribution < 1.29 is 0 Å². The molecule has 0 bridgehead atoms. The fourth-order valence-electron chi connectivity index (χ4n) is 3.05. The minimum absolute atomic E-state index is 0.176. The van der Waals surface area contributed by atoms with E-state index in [0.717, 1.165) is 28.3 Å². The van der Waals surface area contributed by atoms with Crippen molar-refractivity contribution in [1.82, 2.24) is 14.8 Å². The molecule has 1 aromatic heterocycles. The van der Waals surface area contributed by atoms with E-state index >= 15 is 0 Å². The zero-order valence-electron chi connectivity index (χ0n) is 17.8. The van der Waals surface area contributed by atoms with Gasteiger partial charge in [-0.15, -0.1) is 0 Å². The third-order valence-electron chi connectivity index (χ3n) is 4.92. The number of nitrogens with zero attached hydrogens (tertiary/aromatic N) is 4. The quantitative estimate of drug-likeness (QED) is 0.375. The second-order valence-corrected chi connectivity index (χ2v) is 7.55. The van der Waals surface area contributed by atoms with Gasteiger partial charge in [0.25, 0.3) is 5.56 Å². The number of benzene rings is 2. The summed E-state index contributed by atoms with van der Waals surface area (Å²) in [6.07, 6.45) is 0. The molecule has 30 heavy (non-hydrogen) atoms. The molecule has 0 saturated carbocycles. The Labute approximate surface area is 181 Å². The van der Waals surface area contributed by atoms with Crippen LogP contribution in [0.15, 0.2) is 64.5 Å². The van der Waals surface area contributed by atoms with Crippen LogP contribution in [0.1, 0.15) is 18.2 Å². The Balaban J connectivity index is 1.75. The van der Waals surface area contributed by atoms with Crippen molar-refractivity contribution in [3.05, 3.63) is 76.2 Å². The van der Waals surface area contributed by atoms with Crippen molar-refractivity contribution in [2.45, 2.75) is 13.8 Å². The third kappa shape index (κ3) is 4.44. The van der Waals surface area contributed by atoms with Gasteiger partial charge < -0.3 is 10.2 Å². The van der Waals surface area contributed by atoms with Gasteiger partial charge in [-0.05, 0) is 55.9 Å². The van der Waals surface area contributed by atoms with E-state index in [1.165, 1.54) is 0 Å². The molecule has 0 fully saturated rings. The molecule has 0 spiro atoms. The van der Waals surface area contributed by atoms with Gasteiger partial charge in [-0.1, -0.05) is 30.3 Å². The van der Waals surface area contributed by atoms with Crippen LogP contribution in [0.4, 0.5) is 11.4 Å². The topological polar surface area (TPSA) is 66.6 Å². The zero-order valence-corrected chi connectivity index (χ0v) is 18.6. The molecular weight excluding hydrogens is 396 g/mol. The Morgan fingerprint density at radius 2 is 1.70 bits per heavy atom. The number of hydrogen-bond acceptors (Lipinski definition) is 4. The lowest BCUT2D eigenvalue weighted by atomic mass is 10.1. The first-order chi connectivity index (χ1) is 14.3. The lowest BCUT2D eigenvalue weighted by molar-refractivity contribution is 0.630. The summed E-state index contributed by atoms with van der Waals surface area (Å²) in [5.41, 5.74) is 7.52. The molecule has 3 rings (SSSR count). The highest BCUT2D eigenvalue weighted by molar-refractivity contribution is 7.80. The van der Waals surface area contributed by atoms with Crippen LogP contribution >= 0.6 is 12.2 Å². The van der Waals surface area contributed by atoms with Crippen molar-refractivity contribution in [2.75, 3.05) is 24.3 Å². The van der Waals surface area contributed by atoms with Gasteiger partial charge in [0.15, 0.2) is 5.11 Å². The van der Waals surface area contributed by atoms with Crippen molar-refractivity contribution in [1.29, 1.82) is 0 Å². The molecule has 0 aliphatic carbocycles. The largest absolute Gasteiger partial charge is 0.378 e. The summed E-state index contributed by atoms with van der Waals surface area (Å²) in [4.78, 5) is 15.0. The molecule has 2 aromatic carbocycles. The molecule has 0 radical (unpaired) electrons. The van der Waals surface area contributed by atoms with Gasteiger partial charge in [-0.3, -0.25) is 14.9 Å². The summed E-state index contributed by atoms with van der Waals surface area (Å²) in [5.74, 6) is 0. The van der Waals surface area contributed by atoms with E-state index in [2.05, 4.69) is 15.8 Å². The van der Waals surface area contributed by atoms with Gasteiger partial charge in [0.05, 0.1) is 17.1 Å². The number of anilines is 2. The maximum absolute atomic E-state index is 12.9. The van der Waals surface area contributed by atoms with Gasteiger partial charge in [0.1, 0.15) is 5.69 Å². The van der Waals surface area contributed by atoms with Crippen molar-refractivity contribution in [3.8, 4) is 5.69 Å². The Bertz CT molecular complexity index is 1130. The minimum atomic E-state index is -0.176. The molecule has 0 atom stereocenters. The molecular formula is C22H26N6OS. The lowest BCUT2D eigenvalue weighted by Gasteiger charge is -2.12. The van der Waals surface area contributed by atoms with E-state index in [-0.39, 0.29) is 10.7 Å². The molecule has 0 saturated heterocycles. The highest BCUT2D eigenvalue weighted by Crippen LogP contribution is 2.14. The van der Waals surface area contributed by atoms with E-state index in [9.17, 15) is 4.79 Å². The molecule has 8 heteroatoms. The maximum Gasteiger partial charge on any atom is 0.295 e. The maximum atomic E-state index is 12.9. The third-order valence-corrected chi connectivity index (χ3v) is 5.11. The number of thiocarbonyl (C=S) groups is 1. The molecule has 0 amide bonds. The van der Waals surface area contributed by atoms with E-state index in [4.69, 9.17) is 12.2 Å². The standard InChI is InChI=1S/C22H26N6OS/c1-15(17-11-13-18(14-12-17)26(3)4)24-25-22(30)23-20-16(2)27(5)28(21(20)29)19-9-7-6-8-10-19/h6-14H,1-5H3,(H2,23,25,30)/b24-15-. The van der Waals surface area contributed by atoms with Gasteiger partial charge in [0, 0.05) is 26.8 Å². The molecule has 0 unspecified atom stereocenters. The first kappa shape index (κ1) is 21.3. The number of nitrogens with one attached hydrogen (secondary N) is 2. The molecule has 0 aliphatic heterocycles. The summed E-state index contributed by atoms with van der Waals surface area (Å²) in [7, 11) is 5.84. The van der Waals surface area contributed by atoms with Gasteiger partial charge in [0.2, 0.25) is 0 Å². The van der Waals surface area contributed by atoms with Crippen LogP contribution in [0.5, 0.6) is 0 Å². The minimum Gasteiger partial charge on any atom is -0.378 e. The average molecular weight is 423 g/mol. The smallest absolute Gasteiger partial charge is 0.295 e. The first-order valence-electron chi connectivity index (χ1n) is 9.52. The fraction of sp³-hybridized carbons (Fsp3) is 0.227. The van der Waals surface area contributed by atoms with Crippen molar-refractivity contribution >= 4 is 34.4 Å². The average Bonchev–Trinajstić information content (AvgIpc) is 2.95. The highest BCUT2D eigenvalue weighted by Gasteiger charge is 2.16. The molecule has 7 nitrogen and oxygen atoms in total. The second kappa shape index (κ2) is 8.96. The predicted octanol–water partition coefficient (Wildman–Crippen LogP) is 3.26. The summed E-state index contributed by atoms with van der Waals surface area (Å²) >= 11 is 5.35. The molecule has 2 N–H and O–H groups in total. The van der Waals surface area contributed by atoms with Crippen LogP contribution in [0.25, 0.3) is 5.69 Å². The van der Waals surface area contributed by atoms with E-state index in [1.807, 2.05) is 94.5 Å². The van der Waals surface area contributed by atoms with Gasteiger partial charge in [-0.25, -0.2) is 4.68 Å². The van der Waals surface area contributed by atoms with Crippen molar-refractivity contribution in [2.24, 2.45) is 12.1 Å². The van der Waals surface area contributed by atoms with Crippen LogP contribution in [-0.4, -0.2) is 34.3 Å². The van der Waals surface area contributed by atoms with Gasteiger partial charge >= 0.3 is 0 Å². The summed E-state index contributed by atoms with van der Waals surface area (Å²) in [6.45, 7) is 3.77. The monoisotopic (exact) mass is 422 g/mol. The van der Waals surface area contributed by atoms with Crippen LogP contribution in [0.2, 0.25) is 0 Å². The lowest BCUT2D eigenvalue weighted by Crippen LogP contribution is -2.28. The number of aromatic nitrogens is 2. The SMILES string of the molecule is C/C(=N/NC(=S)Nc1c(C)n(C)n(-c2ccccc2)c1=O)c1ccc(N(C)C)cc1. The van der Waals surface area contributed by atoms with Crippen LogP contribution in [-0.2, 0) is 7.05 Å². The normalized spacial score (nSPS) is 11.3. The number of para-hydroxylation sites is 1. The fourth-order valence-corrected chi connectivity index (χ4v) is 3.20. The Kier molecular flexibility index (Phi) is 6.37. The van der Waals surface area contributed by atoms with E-state index in [0.29, 0.717) is 5.69 Å². The Morgan fingerprint density at radius 1 is 1.07 bits per heavy atom. The van der Waals surface area contributed by atoms with Crippen LogP contribution in [0, 0.1) is 6.92 Å². The Morgan fingerprint density at radius 3 is 2.30 bits per heavy atom. The van der Waals surface area contributed by atoms with Crippen molar-refractivity contribution in [3.63, 3.8) is 0 Å². The molecule has 3 aromatic rings. The molecule has 1 heterocycles. The number of hydrazone groups is 1. The van der Waals surface area contributed by atoms with Gasteiger partial charge in [-0.2, -0.15) is 5.10 Å². The Hall–Kier alpha value is -3.39. The van der Waals surface area contributed by atoms with E-state index < -0.39 is 0 Å². The zero-order chi connectivity index (χ0) is 21.8. The first-order valence-corrected chi connectivity index (χ1v) is 9.93. The summed E-state index contributed by atoms with van der Waals surface area (Å²) < 4.78 is 3.39. The predicted molar refractivity (Wildman–Crippen MR) is 128 cm³/mol. The van der Waals surface area contributed by atoms with Crippen LogP contribution < -0.4 is 21.2 Å².